The highest BCUT2D eigenvalue weighted by Crippen LogP contribution is 2.21. The first kappa shape index (κ1) is 7.49. The van der Waals surface area contributed by atoms with Crippen LogP contribution in [0.2, 0.25) is 0 Å². The smallest absolute Gasteiger partial charge is 0.120 e. The Morgan fingerprint density at radius 1 is 1.50 bits per heavy atom. The molecule has 4 heteroatoms. The highest BCUT2D eigenvalue weighted by molar-refractivity contribution is 7.12. The van der Waals surface area contributed by atoms with Crippen LogP contribution in [0.25, 0.3) is 10.2 Å². The monoisotopic (exact) mass is 180 g/mol. The van der Waals surface area contributed by atoms with E-state index < -0.39 is 0 Å². The summed E-state index contributed by atoms with van der Waals surface area (Å²) in [6.07, 6.45) is 0. The van der Waals surface area contributed by atoms with E-state index in [1.165, 1.54) is 11.5 Å². The van der Waals surface area contributed by atoms with Crippen LogP contribution in [-0.4, -0.2) is 16.2 Å². The van der Waals surface area contributed by atoms with Crippen molar-refractivity contribution in [3.8, 4) is 5.75 Å². The van der Waals surface area contributed by atoms with Crippen molar-refractivity contribution in [2.45, 2.75) is 6.92 Å². The highest BCUT2D eigenvalue weighted by atomic mass is 32.1. The van der Waals surface area contributed by atoms with Gasteiger partial charge in [-0.1, -0.05) is 4.49 Å². The molecule has 2 aromatic rings. The van der Waals surface area contributed by atoms with E-state index in [0.717, 1.165) is 16.0 Å². The summed E-state index contributed by atoms with van der Waals surface area (Å²) >= 11 is 1.39. The average molecular weight is 180 g/mol. The van der Waals surface area contributed by atoms with Crippen LogP contribution in [0.3, 0.4) is 0 Å². The SMILES string of the molecule is CCOc1ccc2nnsc2c1. The molecule has 1 aromatic heterocycles. The number of rotatable bonds is 2. The Morgan fingerprint density at radius 3 is 3.25 bits per heavy atom. The van der Waals surface area contributed by atoms with Gasteiger partial charge in [0.2, 0.25) is 0 Å². The highest BCUT2D eigenvalue weighted by Gasteiger charge is 1.99. The minimum atomic E-state index is 0.692. The first-order valence-corrected chi connectivity index (χ1v) is 4.52. The second kappa shape index (κ2) is 3.06. The van der Waals surface area contributed by atoms with Gasteiger partial charge in [0.05, 0.1) is 11.3 Å². The largest absolute Gasteiger partial charge is 0.494 e. The molecule has 12 heavy (non-hydrogen) atoms. The maximum atomic E-state index is 5.33. The Kier molecular flexibility index (Phi) is 1.91. The minimum absolute atomic E-state index is 0.692. The Balaban J connectivity index is 2.46. The standard InChI is InChI=1S/C8H8N2OS/c1-2-11-6-3-4-7-8(5-6)12-10-9-7/h3-5H,2H2,1H3. The van der Waals surface area contributed by atoms with Gasteiger partial charge in [0.25, 0.3) is 0 Å². The van der Waals surface area contributed by atoms with Gasteiger partial charge in [-0.25, -0.2) is 0 Å². The number of nitrogens with zero attached hydrogens (tertiary/aromatic N) is 2. The molecule has 62 valence electrons. The predicted molar refractivity (Wildman–Crippen MR) is 48.6 cm³/mol. The van der Waals surface area contributed by atoms with Crippen LogP contribution in [0.15, 0.2) is 18.2 Å². The summed E-state index contributed by atoms with van der Waals surface area (Å²) in [5, 5.41) is 3.93. The third-order valence-corrected chi connectivity index (χ3v) is 2.22. The van der Waals surface area contributed by atoms with Crippen LogP contribution in [0.5, 0.6) is 5.75 Å². The average Bonchev–Trinajstić information content (AvgIpc) is 2.51. The normalized spacial score (nSPS) is 10.4. The van der Waals surface area contributed by atoms with Gasteiger partial charge in [-0.05, 0) is 30.6 Å². The Hall–Kier alpha value is -1.16. The maximum absolute atomic E-state index is 5.33. The molecular weight excluding hydrogens is 172 g/mol. The van der Waals surface area contributed by atoms with Crippen molar-refractivity contribution in [1.29, 1.82) is 0 Å². The van der Waals surface area contributed by atoms with Gasteiger partial charge < -0.3 is 4.74 Å². The van der Waals surface area contributed by atoms with E-state index in [9.17, 15) is 0 Å². The predicted octanol–water partition coefficient (Wildman–Crippen LogP) is 2.09. The van der Waals surface area contributed by atoms with Gasteiger partial charge in [0, 0.05) is 6.07 Å². The molecule has 0 saturated carbocycles. The minimum Gasteiger partial charge on any atom is -0.494 e. The van der Waals surface area contributed by atoms with E-state index in [4.69, 9.17) is 4.74 Å². The summed E-state index contributed by atoms with van der Waals surface area (Å²) in [5.41, 5.74) is 0.934. The van der Waals surface area contributed by atoms with E-state index in [0.29, 0.717) is 6.61 Å². The van der Waals surface area contributed by atoms with Gasteiger partial charge in [0.15, 0.2) is 0 Å². The van der Waals surface area contributed by atoms with Crippen molar-refractivity contribution < 1.29 is 4.74 Å². The molecule has 0 bridgehead atoms. The van der Waals surface area contributed by atoms with Crippen LogP contribution >= 0.6 is 11.5 Å². The van der Waals surface area contributed by atoms with E-state index in [1.54, 1.807) is 0 Å². The maximum Gasteiger partial charge on any atom is 0.120 e. The molecule has 0 fully saturated rings. The molecule has 0 spiro atoms. The number of ether oxygens (including phenoxy) is 1. The number of aromatic nitrogens is 2. The van der Waals surface area contributed by atoms with Gasteiger partial charge in [-0.15, -0.1) is 5.10 Å². The Labute approximate surface area is 74.1 Å². The first-order valence-electron chi connectivity index (χ1n) is 3.75. The Morgan fingerprint density at radius 2 is 2.42 bits per heavy atom. The molecule has 0 aliphatic carbocycles. The number of hydrogen-bond donors (Lipinski definition) is 0. The van der Waals surface area contributed by atoms with Crippen LogP contribution < -0.4 is 4.74 Å². The summed E-state index contributed by atoms with van der Waals surface area (Å²) < 4.78 is 10.2. The van der Waals surface area contributed by atoms with Gasteiger partial charge >= 0.3 is 0 Å². The topological polar surface area (TPSA) is 35.0 Å². The molecule has 3 nitrogen and oxygen atoms in total. The number of fused-ring (bicyclic) bond motifs is 1. The molecule has 1 aromatic carbocycles. The molecule has 0 radical (unpaired) electrons. The fraction of sp³-hybridized carbons (Fsp3) is 0.250. The van der Waals surface area contributed by atoms with E-state index in [-0.39, 0.29) is 0 Å². The van der Waals surface area contributed by atoms with E-state index in [2.05, 4.69) is 9.59 Å². The van der Waals surface area contributed by atoms with Crippen molar-refractivity contribution in [3.63, 3.8) is 0 Å². The molecule has 0 saturated heterocycles. The van der Waals surface area contributed by atoms with Crippen LogP contribution in [0, 0.1) is 0 Å². The van der Waals surface area contributed by atoms with Crippen LogP contribution in [0.1, 0.15) is 6.92 Å². The third-order valence-electron chi connectivity index (χ3n) is 1.53. The molecule has 0 atom stereocenters. The zero-order valence-corrected chi connectivity index (χ0v) is 7.47. The van der Waals surface area contributed by atoms with E-state index in [1.807, 2.05) is 25.1 Å². The molecule has 2 rings (SSSR count). The molecule has 0 N–H and O–H groups in total. The number of hydrogen-bond acceptors (Lipinski definition) is 4. The van der Waals surface area contributed by atoms with Gasteiger partial charge in [0.1, 0.15) is 11.3 Å². The quantitative estimate of drug-likeness (QED) is 0.709. The molecule has 0 amide bonds. The van der Waals surface area contributed by atoms with Crippen LogP contribution in [0.4, 0.5) is 0 Å². The Bertz CT molecular complexity index is 385. The summed E-state index contributed by atoms with van der Waals surface area (Å²) in [6.45, 7) is 2.66. The summed E-state index contributed by atoms with van der Waals surface area (Å²) in [6, 6.07) is 5.79. The lowest BCUT2D eigenvalue weighted by Crippen LogP contribution is -1.89. The molecular formula is C8H8N2OS. The summed E-state index contributed by atoms with van der Waals surface area (Å²) in [4.78, 5) is 0. The van der Waals surface area contributed by atoms with Crippen molar-refractivity contribution in [2.75, 3.05) is 6.61 Å². The zero-order valence-electron chi connectivity index (χ0n) is 6.65. The second-order valence-corrected chi connectivity index (χ2v) is 3.12. The fourth-order valence-corrected chi connectivity index (χ4v) is 1.60. The summed E-state index contributed by atoms with van der Waals surface area (Å²) in [7, 11) is 0. The first-order chi connectivity index (χ1) is 5.90. The van der Waals surface area contributed by atoms with Gasteiger partial charge in [-0.3, -0.25) is 0 Å². The summed E-state index contributed by atoms with van der Waals surface area (Å²) in [5.74, 6) is 0.885. The van der Waals surface area contributed by atoms with Crippen molar-refractivity contribution in [3.05, 3.63) is 18.2 Å². The van der Waals surface area contributed by atoms with E-state index >= 15 is 0 Å². The lowest BCUT2D eigenvalue weighted by Gasteiger charge is -2.00. The second-order valence-electron chi connectivity index (χ2n) is 2.34. The van der Waals surface area contributed by atoms with Gasteiger partial charge in [-0.2, -0.15) is 0 Å². The van der Waals surface area contributed by atoms with Crippen molar-refractivity contribution >= 4 is 21.7 Å². The number of benzene rings is 1. The lowest BCUT2D eigenvalue weighted by atomic mass is 10.3. The molecule has 0 unspecified atom stereocenters. The zero-order chi connectivity index (χ0) is 8.39. The van der Waals surface area contributed by atoms with Crippen molar-refractivity contribution in [1.82, 2.24) is 9.59 Å². The molecule has 1 heterocycles. The van der Waals surface area contributed by atoms with Crippen molar-refractivity contribution in [2.24, 2.45) is 0 Å². The fourth-order valence-electron chi connectivity index (χ4n) is 1.02. The molecule has 0 aliphatic rings. The lowest BCUT2D eigenvalue weighted by molar-refractivity contribution is 0.341. The molecule has 0 aliphatic heterocycles. The third kappa shape index (κ3) is 1.25. The van der Waals surface area contributed by atoms with Crippen LogP contribution in [-0.2, 0) is 0 Å².